The molecule has 0 N–H and O–H groups in total. The summed E-state index contributed by atoms with van der Waals surface area (Å²) in [7, 11) is -6.06. The molecule has 0 aliphatic carbocycles. The fourth-order valence-electron chi connectivity index (χ4n) is 6.29. The lowest BCUT2D eigenvalue weighted by Crippen LogP contribution is -2.06. The molecule has 0 aromatic carbocycles. The molecular weight excluding hydrogens is 935 g/mol. The second-order valence-corrected chi connectivity index (χ2v) is 22.5. The van der Waals surface area contributed by atoms with E-state index in [9.17, 15) is 28.3 Å². The van der Waals surface area contributed by atoms with E-state index in [4.69, 9.17) is 37.0 Å². The zero-order valence-electron chi connectivity index (χ0n) is 44.9. The zero-order valence-corrected chi connectivity index (χ0v) is 46.7. The van der Waals surface area contributed by atoms with Gasteiger partial charge in [0.25, 0.3) is 0 Å². The van der Waals surface area contributed by atoms with Gasteiger partial charge in [-0.3, -0.25) is 9.13 Å². The SMILES string of the molecule is C=C(C)C(=O)OCCCCCCCCOP(=O)(CCCC)OCCCCCCCCOC(=O)C(=C)C.C=C(C)C(=O)OCCCCCCCOP(=O)(CCCC)OCCCCCCCOC(=O)C(=C)C. The number of carbonyl (C=O) groups is 4. The van der Waals surface area contributed by atoms with Crippen molar-refractivity contribution in [2.75, 3.05) is 65.2 Å². The lowest BCUT2D eigenvalue weighted by Gasteiger charge is -2.18. The Labute approximate surface area is 425 Å². The maximum atomic E-state index is 13.1. The molecule has 0 aliphatic rings. The van der Waals surface area contributed by atoms with Crippen LogP contribution in [0.3, 0.4) is 0 Å². The van der Waals surface area contributed by atoms with Crippen molar-refractivity contribution >= 4 is 39.1 Å². The van der Waals surface area contributed by atoms with Crippen molar-refractivity contribution in [2.24, 2.45) is 0 Å². The number of esters is 4. The second-order valence-electron chi connectivity index (χ2n) is 18.2. The Balaban J connectivity index is 0. The Morgan fingerprint density at radius 2 is 0.471 bits per heavy atom. The summed E-state index contributed by atoms with van der Waals surface area (Å²) in [4.78, 5) is 45.2. The maximum absolute atomic E-state index is 13.1. The summed E-state index contributed by atoms with van der Waals surface area (Å²) in [6.45, 7) is 28.5. The Bertz CT molecular complexity index is 1450. The first kappa shape index (κ1) is 69.2. The first-order valence-corrected chi connectivity index (χ1v) is 30.0. The summed E-state index contributed by atoms with van der Waals surface area (Å²) in [6, 6.07) is 0. The summed E-state index contributed by atoms with van der Waals surface area (Å²) in [5, 5.41) is 0. The van der Waals surface area contributed by atoms with Gasteiger partial charge >= 0.3 is 39.1 Å². The van der Waals surface area contributed by atoms with E-state index >= 15 is 0 Å². The minimum atomic E-state index is -3.04. The van der Waals surface area contributed by atoms with Crippen molar-refractivity contribution in [2.45, 2.75) is 208 Å². The molecule has 14 nitrogen and oxygen atoms in total. The molecule has 0 unspecified atom stereocenters. The van der Waals surface area contributed by atoms with E-state index in [-0.39, 0.29) is 23.9 Å². The summed E-state index contributed by atoms with van der Waals surface area (Å²) < 4.78 is 69.3. The monoisotopic (exact) mass is 1030 g/mol. The predicted octanol–water partition coefficient (Wildman–Crippen LogP) is 15.1. The number of hydrogen-bond donors (Lipinski definition) is 0. The molecule has 70 heavy (non-hydrogen) atoms. The quantitative estimate of drug-likeness (QED) is 0.0185. The molecule has 0 rings (SSSR count). The van der Waals surface area contributed by atoms with Gasteiger partial charge in [-0.1, -0.05) is 143 Å². The van der Waals surface area contributed by atoms with Crippen LogP contribution in [0.25, 0.3) is 0 Å². The molecule has 0 aromatic heterocycles. The lowest BCUT2D eigenvalue weighted by atomic mass is 10.1. The Morgan fingerprint density at radius 3 is 0.643 bits per heavy atom. The molecule has 0 saturated heterocycles. The minimum Gasteiger partial charge on any atom is -0.462 e. The molecule has 0 fully saturated rings. The van der Waals surface area contributed by atoms with Gasteiger partial charge in [0.15, 0.2) is 0 Å². The highest BCUT2D eigenvalue weighted by atomic mass is 31.2. The van der Waals surface area contributed by atoms with Gasteiger partial charge in [-0.25, -0.2) is 19.2 Å². The van der Waals surface area contributed by atoms with Gasteiger partial charge in [-0.05, 0) is 91.9 Å². The molecule has 0 radical (unpaired) electrons. The van der Waals surface area contributed by atoms with Crippen LogP contribution in [-0.4, -0.2) is 89.1 Å². The van der Waals surface area contributed by atoms with Crippen LogP contribution in [0.2, 0.25) is 0 Å². The number of hydrogen-bond acceptors (Lipinski definition) is 14. The van der Waals surface area contributed by atoms with Crippen LogP contribution in [0.5, 0.6) is 0 Å². The molecule has 0 atom stereocenters. The highest BCUT2D eigenvalue weighted by molar-refractivity contribution is 7.54. The third-order valence-electron chi connectivity index (χ3n) is 10.7. The van der Waals surface area contributed by atoms with Gasteiger partial charge < -0.3 is 37.0 Å². The molecule has 0 bridgehead atoms. The molecule has 0 saturated carbocycles. The second kappa shape index (κ2) is 47.2. The van der Waals surface area contributed by atoms with E-state index in [2.05, 4.69) is 40.2 Å². The van der Waals surface area contributed by atoms with Crippen LogP contribution < -0.4 is 0 Å². The van der Waals surface area contributed by atoms with Gasteiger partial charge in [-0.15, -0.1) is 0 Å². The van der Waals surface area contributed by atoms with E-state index in [0.717, 1.165) is 167 Å². The summed E-state index contributed by atoms with van der Waals surface area (Å²) in [5.41, 5.74) is 1.71. The van der Waals surface area contributed by atoms with Crippen molar-refractivity contribution in [3.8, 4) is 0 Å². The molecular formula is C54H98O14P2. The normalized spacial score (nSPS) is 11.3. The van der Waals surface area contributed by atoms with Crippen molar-refractivity contribution in [1.29, 1.82) is 0 Å². The average molecular weight is 1030 g/mol. The van der Waals surface area contributed by atoms with Crippen molar-refractivity contribution in [1.82, 2.24) is 0 Å². The number of carbonyl (C=O) groups excluding carboxylic acids is 4. The van der Waals surface area contributed by atoms with Crippen molar-refractivity contribution < 1.29 is 65.4 Å². The van der Waals surface area contributed by atoms with Crippen LogP contribution in [0.4, 0.5) is 0 Å². The molecule has 0 spiro atoms. The van der Waals surface area contributed by atoms with Gasteiger partial charge in [0.05, 0.1) is 65.2 Å². The van der Waals surface area contributed by atoms with Gasteiger partial charge in [0, 0.05) is 22.3 Å². The predicted molar refractivity (Wildman–Crippen MR) is 283 cm³/mol. The van der Waals surface area contributed by atoms with Gasteiger partial charge in [0.2, 0.25) is 0 Å². The smallest absolute Gasteiger partial charge is 0.333 e. The third-order valence-corrected chi connectivity index (χ3v) is 14.7. The van der Waals surface area contributed by atoms with E-state index in [1.54, 1.807) is 27.7 Å². The first-order chi connectivity index (χ1) is 33.4. The van der Waals surface area contributed by atoms with Crippen molar-refractivity contribution in [3.05, 3.63) is 48.6 Å². The highest BCUT2D eigenvalue weighted by Gasteiger charge is 2.24. The Kier molecular flexibility index (Phi) is 46.6. The average Bonchev–Trinajstić information content (AvgIpc) is 3.32. The number of ether oxygens (including phenoxy) is 4. The topological polar surface area (TPSA) is 176 Å². The summed E-state index contributed by atoms with van der Waals surface area (Å²) in [6.07, 6.45) is 25.6. The van der Waals surface area contributed by atoms with Gasteiger partial charge in [0.1, 0.15) is 0 Å². The van der Waals surface area contributed by atoms with Crippen molar-refractivity contribution in [3.63, 3.8) is 0 Å². The first-order valence-electron chi connectivity index (χ1n) is 26.5. The summed E-state index contributed by atoms with van der Waals surface area (Å²) in [5.74, 6) is -1.31. The van der Waals surface area contributed by atoms with E-state index < -0.39 is 15.2 Å². The number of rotatable bonds is 48. The van der Waals surface area contributed by atoms with E-state index in [1.165, 1.54) is 0 Å². The molecule has 408 valence electrons. The van der Waals surface area contributed by atoms with Crippen LogP contribution in [0.15, 0.2) is 48.6 Å². The Morgan fingerprint density at radius 1 is 0.300 bits per heavy atom. The largest absolute Gasteiger partial charge is 0.462 e. The van der Waals surface area contributed by atoms with Crippen LogP contribution in [-0.2, 0) is 65.4 Å². The van der Waals surface area contributed by atoms with E-state index in [0.29, 0.717) is 87.5 Å². The third kappa shape index (κ3) is 45.0. The molecule has 0 aliphatic heterocycles. The molecule has 0 aromatic rings. The number of unbranched alkanes of at least 4 members (excludes halogenated alkanes) is 20. The molecule has 16 heteroatoms. The van der Waals surface area contributed by atoms with Crippen LogP contribution >= 0.6 is 15.2 Å². The lowest BCUT2D eigenvalue weighted by molar-refractivity contribution is -0.139. The van der Waals surface area contributed by atoms with Crippen LogP contribution in [0.1, 0.15) is 208 Å². The highest BCUT2D eigenvalue weighted by Crippen LogP contribution is 2.50. The standard InChI is InChI=1S/C28H51O7P.C26H47O7P/c1-6-7-24-36(31,34-22-18-14-10-8-12-16-20-32-27(29)25(2)3)35-23-19-15-11-9-13-17-21-33-28(30)26(4)5;1-6-7-22-34(29,32-20-16-12-8-10-14-18-30-25(27)23(2)3)33-21-17-13-9-11-15-19-31-26(28)24(4)5/h2,4,6-24H2,1,3,5H3;2,4,6-22H2,1,3,5H3. The van der Waals surface area contributed by atoms with E-state index in [1.807, 2.05) is 0 Å². The Hall–Kier alpha value is -2.86. The maximum Gasteiger partial charge on any atom is 0.333 e. The minimum absolute atomic E-state index is 0.322. The molecule has 0 amide bonds. The summed E-state index contributed by atoms with van der Waals surface area (Å²) >= 11 is 0. The van der Waals surface area contributed by atoms with Crippen LogP contribution in [0, 0.1) is 0 Å². The fourth-order valence-corrected chi connectivity index (χ4v) is 10.00. The zero-order chi connectivity index (χ0) is 52.7. The van der Waals surface area contributed by atoms with Gasteiger partial charge in [-0.2, -0.15) is 0 Å². The molecule has 0 heterocycles. The fraction of sp³-hybridized carbons (Fsp3) is 0.778.